The van der Waals surface area contributed by atoms with Crippen LogP contribution in [0, 0.1) is 116 Å². The fourth-order valence-corrected chi connectivity index (χ4v) is 17.4. The van der Waals surface area contributed by atoms with E-state index in [9.17, 15) is 0 Å². The van der Waals surface area contributed by atoms with Gasteiger partial charge in [-0.25, -0.2) is 0 Å². The molecule has 0 nitrogen and oxygen atoms in total. The van der Waals surface area contributed by atoms with Gasteiger partial charge in [0.15, 0.2) is 0 Å². The van der Waals surface area contributed by atoms with Crippen molar-refractivity contribution in [1.82, 2.24) is 0 Å². The predicted octanol–water partition coefficient (Wildman–Crippen LogP) is 20.1. The summed E-state index contributed by atoms with van der Waals surface area (Å²) in [5.41, 5.74) is 2.25. The van der Waals surface area contributed by atoms with Crippen molar-refractivity contribution in [3.05, 3.63) is 0 Å². The van der Waals surface area contributed by atoms with Gasteiger partial charge in [0.2, 0.25) is 0 Å². The third-order valence-corrected chi connectivity index (χ3v) is 19.5. The Balaban J connectivity index is 0.000000129. The molecule has 62 heavy (non-hydrogen) atoms. The molecule has 12 rings (SSSR count). The lowest BCUT2D eigenvalue weighted by Crippen LogP contribution is -2.42. The average Bonchev–Trinajstić information content (AvgIpc) is 3.92. The summed E-state index contributed by atoms with van der Waals surface area (Å²) in [5.74, 6) is 17.6. The van der Waals surface area contributed by atoms with E-state index in [1.165, 1.54) is 70.6 Å². The third-order valence-electron chi connectivity index (χ3n) is 19.5. The minimum atomic E-state index is 0.557. The highest BCUT2D eigenvalue weighted by atomic mass is 14.5. The van der Waals surface area contributed by atoms with Gasteiger partial charge in [0, 0.05) is 0 Å². The Labute approximate surface area is 391 Å². The Kier molecular flexibility index (Phi) is 18.2. The summed E-state index contributed by atoms with van der Waals surface area (Å²) < 4.78 is 0. The van der Waals surface area contributed by atoms with Crippen LogP contribution in [-0.4, -0.2) is 0 Å². The molecule has 10 atom stereocenters. The zero-order valence-corrected chi connectivity index (χ0v) is 45.0. The van der Waals surface area contributed by atoms with Gasteiger partial charge in [-0.05, 0) is 226 Å². The molecule has 12 fully saturated rings. The minimum Gasteiger partial charge on any atom is -0.0628 e. The van der Waals surface area contributed by atoms with Crippen LogP contribution in [0.3, 0.4) is 0 Å². The van der Waals surface area contributed by atoms with Crippen molar-refractivity contribution in [1.29, 1.82) is 0 Å². The van der Waals surface area contributed by atoms with E-state index in [1.807, 2.05) is 0 Å². The molecule has 12 aliphatic carbocycles. The fraction of sp³-hybridized carbons (Fsp3) is 1.00. The molecule has 0 N–H and O–H groups in total. The maximum absolute atomic E-state index is 2.40. The van der Waals surface area contributed by atoms with E-state index in [0.29, 0.717) is 21.7 Å². The zero-order valence-electron chi connectivity index (χ0n) is 45.0. The number of hydrogen-bond donors (Lipinski definition) is 0. The molecule has 0 saturated heterocycles. The maximum atomic E-state index is 2.40. The summed E-state index contributed by atoms with van der Waals surface area (Å²) in [4.78, 5) is 0. The van der Waals surface area contributed by atoms with E-state index < -0.39 is 0 Å². The van der Waals surface area contributed by atoms with Gasteiger partial charge in [-0.1, -0.05) is 168 Å². The Morgan fingerprint density at radius 2 is 0.726 bits per heavy atom. The first-order valence-electron chi connectivity index (χ1n) is 28.9. The van der Waals surface area contributed by atoms with E-state index in [-0.39, 0.29) is 0 Å². The number of hydrogen-bond acceptors (Lipinski definition) is 0. The van der Waals surface area contributed by atoms with Crippen LogP contribution in [0.5, 0.6) is 0 Å². The first kappa shape index (κ1) is 51.4. The second-order valence-corrected chi connectivity index (χ2v) is 30.8. The van der Waals surface area contributed by atoms with Crippen LogP contribution < -0.4 is 0 Å². The van der Waals surface area contributed by atoms with Crippen molar-refractivity contribution in [3.8, 4) is 0 Å². The van der Waals surface area contributed by atoms with Gasteiger partial charge in [0.1, 0.15) is 0 Å². The largest absolute Gasteiger partial charge is 0.0628 e. The average molecular weight is 860 g/mol. The van der Waals surface area contributed by atoms with Crippen molar-refractivity contribution in [2.45, 2.75) is 277 Å². The lowest BCUT2D eigenvalue weighted by atomic mass is 9.54. The molecule has 0 spiro atoms. The molecular weight excluding hydrogens is 745 g/mol. The highest BCUT2D eigenvalue weighted by Crippen LogP contribution is 2.55. The van der Waals surface area contributed by atoms with E-state index in [2.05, 4.69) is 96.9 Å². The Morgan fingerprint density at radius 3 is 1.13 bits per heavy atom. The van der Waals surface area contributed by atoms with Crippen LogP contribution in [0.4, 0.5) is 0 Å². The van der Waals surface area contributed by atoms with Crippen molar-refractivity contribution in [2.24, 2.45) is 116 Å². The van der Waals surface area contributed by atoms with Gasteiger partial charge in [-0.2, -0.15) is 0 Å². The van der Waals surface area contributed by atoms with Crippen molar-refractivity contribution in [2.75, 3.05) is 0 Å². The molecule has 12 saturated carbocycles. The van der Waals surface area contributed by atoms with Gasteiger partial charge in [-0.15, -0.1) is 0 Å². The van der Waals surface area contributed by atoms with Crippen LogP contribution in [0.1, 0.15) is 277 Å². The molecule has 10 bridgehead atoms. The molecule has 10 unspecified atom stereocenters. The number of rotatable bonds is 6. The van der Waals surface area contributed by atoms with Gasteiger partial charge in [0.25, 0.3) is 0 Å². The molecule has 0 aromatic rings. The van der Waals surface area contributed by atoms with Crippen LogP contribution in [0.25, 0.3) is 0 Å². The summed E-state index contributed by atoms with van der Waals surface area (Å²) in [6, 6.07) is 0. The smallest absolute Gasteiger partial charge is 0.0352 e. The second-order valence-electron chi connectivity index (χ2n) is 30.8. The summed E-state index contributed by atoms with van der Waals surface area (Å²) >= 11 is 0. The van der Waals surface area contributed by atoms with Crippen LogP contribution in [-0.2, 0) is 0 Å². The van der Waals surface area contributed by atoms with Crippen LogP contribution in [0.2, 0.25) is 0 Å². The molecule has 0 amide bonds. The summed E-state index contributed by atoms with van der Waals surface area (Å²) in [7, 11) is 0. The minimum absolute atomic E-state index is 0.557. The summed E-state index contributed by atoms with van der Waals surface area (Å²) in [6.07, 6.45) is 43.0. The van der Waals surface area contributed by atoms with Crippen LogP contribution >= 0.6 is 0 Å². The topological polar surface area (TPSA) is 0 Å². The maximum Gasteiger partial charge on any atom is -0.0352 e. The molecule has 0 aromatic carbocycles. The summed E-state index contributed by atoms with van der Waals surface area (Å²) in [5, 5.41) is 0. The fourth-order valence-electron chi connectivity index (χ4n) is 17.4. The van der Waals surface area contributed by atoms with E-state index in [1.54, 1.807) is 109 Å². The van der Waals surface area contributed by atoms with Gasteiger partial charge < -0.3 is 0 Å². The zero-order chi connectivity index (χ0) is 45.0. The molecule has 0 heteroatoms. The van der Waals surface area contributed by atoms with Crippen molar-refractivity contribution < 1.29 is 0 Å². The van der Waals surface area contributed by atoms with Crippen LogP contribution in [0.15, 0.2) is 0 Å². The van der Waals surface area contributed by atoms with E-state index in [4.69, 9.17) is 0 Å². The highest BCUT2D eigenvalue weighted by Gasteiger charge is 2.45. The van der Waals surface area contributed by atoms with E-state index in [0.717, 1.165) is 94.7 Å². The molecule has 0 heterocycles. The lowest BCUT2D eigenvalue weighted by molar-refractivity contribution is -0.0126. The molecule has 362 valence electrons. The standard InChI is InChI=1S/2C13H24.3C12H22/c1-13(2,3)9-12-7-10-4-5-11(6-10)8-12;1-13(2,3)9-12-10-5-4-6-11(12)8-7-10;1-12(2,3)8-11-7-9-4-5-10(11)6-9;1-12(2,3)8-11-9-5-4-6-10(11)7-9;1-9(2)7-12-8-10-3-5-11(12)6-4-10/h2*10-12H,4-9H2,1-3H3;2*9-11H,4-8H2,1-3H3;9-12H,3-8H2,1-2H3. The van der Waals surface area contributed by atoms with Gasteiger partial charge in [0.05, 0.1) is 0 Å². The third kappa shape index (κ3) is 16.4. The van der Waals surface area contributed by atoms with Crippen molar-refractivity contribution in [3.63, 3.8) is 0 Å². The molecule has 0 aromatic heterocycles. The quantitative estimate of drug-likeness (QED) is 0.250. The Morgan fingerprint density at radius 1 is 0.323 bits per heavy atom. The first-order chi connectivity index (χ1) is 28.9. The van der Waals surface area contributed by atoms with Gasteiger partial charge >= 0.3 is 0 Å². The molecule has 0 radical (unpaired) electrons. The summed E-state index contributed by atoms with van der Waals surface area (Å²) in [6.45, 7) is 33.5. The lowest BCUT2D eigenvalue weighted by Gasteiger charge is -2.51. The SMILES string of the molecule is CC(C)(C)CC1C2CCCC1C2.CC(C)(C)CC1C2CCCC1CC2.CC(C)(C)CC1CC2CCC(C2)C1.CC(C)(C)CC1CC2CCC1C2.CC(C)CC1CC2CCC1CC2. The first-order valence-corrected chi connectivity index (χ1v) is 28.9. The van der Waals surface area contributed by atoms with Crippen molar-refractivity contribution >= 4 is 0 Å². The Hall–Kier alpha value is 0. The molecule has 12 aliphatic rings. The molecule has 0 aliphatic heterocycles. The van der Waals surface area contributed by atoms with E-state index >= 15 is 0 Å². The highest BCUT2D eigenvalue weighted by molar-refractivity contribution is 4.95. The number of fused-ring (bicyclic) bond motifs is 11. The monoisotopic (exact) mass is 859 g/mol. The second kappa shape index (κ2) is 22.0. The van der Waals surface area contributed by atoms with Gasteiger partial charge in [-0.3, -0.25) is 0 Å². The Bertz CT molecular complexity index is 1220. The normalized spacial score (nSPS) is 40.2. The predicted molar refractivity (Wildman–Crippen MR) is 274 cm³/mol. The molecular formula is C62H114.